The Bertz CT molecular complexity index is 415. The van der Waals surface area contributed by atoms with Crippen molar-refractivity contribution in [3.05, 3.63) is 36.4 Å². The summed E-state index contributed by atoms with van der Waals surface area (Å²) in [5.74, 6) is 1.62. The quantitative estimate of drug-likeness (QED) is 0.772. The van der Waals surface area contributed by atoms with E-state index < -0.39 is 0 Å². The lowest BCUT2D eigenvalue weighted by molar-refractivity contribution is 0.263. The molecule has 0 amide bonds. The summed E-state index contributed by atoms with van der Waals surface area (Å²) < 4.78 is 11.3. The first-order chi connectivity index (χ1) is 9.90. The van der Waals surface area contributed by atoms with E-state index in [1.54, 1.807) is 0 Å². The predicted octanol–water partition coefficient (Wildman–Crippen LogP) is 1.93. The zero-order chi connectivity index (χ0) is 14.0. The second kappa shape index (κ2) is 8.61. The number of nitrogens with zero attached hydrogens (tertiary/aromatic N) is 1. The number of hydrogen-bond donors (Lipinski definition) is 1. The maximum atomic E-state index is 5.74. The molecule has 2 rings (SSSR count). The molecule has 4 heteroatoms. The van der Waals surface area contributed by atoms with E-state index in [2.05, 4.69) is 22.4 Å². The summed E-state index contributed by atoms with van der Waals surface area (Å²) in [7, 11) is 0. The lowest BCUT2D eigenvalue weighted by Gasteiger charge is -2.25. The lowest BCUT2D eigenvalue weighted by atomic mass is 10.3. The number of para-hydroxylation sites is 2. The summed E-state index contributed by atoms with van der Waals surface area (Å²) in [6, 6.07) is 7.79. The van der Waals surface area contributed by atoms with E-state index in [0.29, 0.717) is 13.2 Å². The van der Waals surface area contributed by atoms with Crippen LogP contribution in [0.3, 0.4) is 0 Å². The van der Waals surface area contributed by atoms with Gasteiger partial charge in [0.05, 0.1) is 6.61 Å². The van der Waals surface area contributed by atoms with Gasteiger partial charge in [0.2, 0.25) is 0 Å². The summed E-state index contributed by atoms with van der Waals surface area (Å²) in [4.78, 5) is 2.43. The highest BCUT2D eigenvalue weighted by Gasteiger charge is 2.06. The van der Waals surface area contributed by atoms with Crippen LogP contribution in [0.2, 0.25) is 0 Å². The Morgan fingerprint density at radius 1 is 1.10 bits per heavy atom. The molecule has 20 heavy (non-hydrogen) atoms. The molecule has 0 radical (unpaired) electrons. The molecule has 1 fully saturated rings. The first-order valence-corrected chi connectivity index (χ1v) is 7.33. The molecule has 1 heterocycles. The van der Waals surface area contributed by atoms with Crippen LogP contribution in [0.15, 0.2) is 36.4 Å². The topological polar surface area (TPSA) is 33.7 Å². The Hall–Kier alpha value is -1.52. The fraction of sp³-hybridized carbons (Fsp3) is 0.500. The molecule has 4 nitrogen and oxygen atoms in total. The molecule has 0 aliphatic carbocycles. The molecule has 1 aliphatic rings. The molecule has 1 aromatic carbocycles. The molecule has 0 atom stereocenters. The minimum absolute atomic E-state index is 0.580. The molecule has 1 aromatic rings. The van der Waals surface area contributed by atoms with Crippen molar-refractivity contribution in [1.82, 2.24) is 10.2 Å². The summed E-state index contributed by atoms with van der Waals surface area (Å²) >= 11 is 0. The average Bonchev–Trinajstić information content (AvgIpc) is 2.50. The fourth-order valence-electron chi connectivity index (χ4n) is 2.17. The van der Waals surface area contributed by atoms with Gasteiger partial charge in [-0.1, -0.05) is 24.3 Å². The van der Waals surface area contributed by atoms with Crippen molar-refractivity contribution in [3.63, 3.8) is 0 Å². The third kappa shape index (κ3) is 4.87. The molecule has 0 bridgehead atoms. The van der Waals surface area contributed by atoms with Crippen LogP contribution in [-0.2, 0) is 0 Å². The molecule has 0 unspecified atom stereocenters. The smallest absolute Gasteiger partial charge is 0.161 e. The molecule has 0 spiro atoms. The van der Waals surface area contributed by atoms with Gasteiger partial charge in [0.25, 0.3) is 0 Å². The highest BCUT2D eigenvalue weighted by atomic mass is 16.5. The van der Waals surface area contributed by atoms with E-state index in [1.807, 2.05) is 31.2 Å². The standard InChI is InChI=1S/C16H24N2O2/c1-2-19-15-7-3-4-8-16(15)20-14-6-5-11-18-12-9-17-10-13-18/h3-8,17H,2,9-14H2,1H3/b6-5+. The third-order valence-corrected chi connectivity index (χ3v) is 3.22. The summed E-state index contributed by atoms with van der Waals surface area (Å²) in [5, 5.41) is 3.35. The molecule has 1 aliphatic heterocycles. The molecular formula is C16H24N2O2. The summed E-state index contributed by atoms with van der Waals surface area (Å²) in [5.41, 5.74) is 0. The molecule has 1 N–H and O–H groups in total. The van der Waals surface area contributed by atoms with E-state index in [9.17, 15) is 0 Å². The number of benzene rings is 1. The van der Waals surface area contributed by atoms with Gasteiger partial charge in [-0.15, -0.1) is 0 Å². The second-order valence-corrected chi connectivity index (χ2v) is 4.71. The largest absolute Gasteiger partial charge is 0.490 e. The first kappa shape index (κ1) is 14.9. The highest BCUT2D eigenvalue weighted by Crippen LogP contribution is 2.26. The van der Waals surface area contributed by atoms with Gasteiger partial charge < -0.3 is 14.8 Å². The lowest BCUT2D eigenvalue weighted by Crippen LogP contribution is -2.43. The predicted molar refractivity (Wildman–Crippen MR) is 81.6 cm³/mol. The van der Waals surface area contributed by atoms with Crippen LogP contribution in [0.4, 0.5) is 0 Å². The Balaban J connectivity index is 1.72. The van der Waals surface area contributed by atoms with Crippen LogP contribution >= 0.6 is 0 Å². The number of hydrogen-bond acceptors (Lipinski definition) is 4. The minimum Gasteiger partial charge on any atom is -0.490 e. The van der Waals surface area contributed by atoms with Gasteiger partial charge >= 0.3 is 0 Å². The van der Waals surface area contributed by atoms with E-state index in [-0.39, 0.29) is 0 Å². The molecule has 0 aromatic heterocycles. The SMILES string of the molecule is CCOc1ccccc1OC/C=C/CN1CCNCC1. The van der Waals surface area contributed by atoms with Crippen molar-refractivity contribution < 1.29 is 9.47 Å². The minimum atomic E-state index is 0.580. The Kier molecular flexibility index (Phi) is 6.41. The van der Waals surface area contributed by atoms with Gasteiger partial charge in [0.1, 0.15) is 6.61 Å². The van der Waals surface area contributed by atoms with E-state index >= 15 is 0 Å². The fourth-order valence-corrected chi connectivity index (χ4v) is 2.17. The number of piperazine rings is 1. The number of ether oxygens (including phenoxy) is 2. The van der Waals surface area contributed by atoms with Gasteiger partial charge in [-0.25, -0.2) is 0 Å². The van der Waals surface area contributed by atoms with Crippen LogP contribution in [0.25, 0.3) is 0 Å². The molecule has 0 saturated carbocycles. The average molecular weight is 276 g/mol. The monoisotopic (exact) mass is 276 g/mol. The van der Waals surface area contributed by atoms with Crippen molar-refractivity contribution in [2.45, 2.75) is 6.92 Å². The zero-order valence-electron chi connectivity index (χ0n) is 12.2. The van der Waals surface area contributed by atoms with Crippen molar-refractivity contribution in [2.24, 2.45) is 0 Å². The maximum Gasteiger partial charge on any atom is 0.161 e. The van der Waals surface area contributed by atoms with E-state index in [1.165, 1.54) is 0 Å². The molecule has 1 saturated heterocycles. The Labute approximate surface area is 121 Å². The van der Waals surface area contributed by atoms with Gasteiger partial charge in [-0.3, -0.25) is 4.90 Å². The zero-order valence-corrected chi connectivity index (χ0v) is 12.2. The van der Waals surface area contributed by atoms with Gasteiger partial charge in [0, 0.05) is 32.7 Å². The summed E-state index contributed by atoms with van der Waals surface area (Å²) in [6.07, 6.45) is 4.25. The summed E-state index contributed by atoms with van der Waals surface area (Å²) in [6.45, 7) is 8.63. The third-order valence-electron chi connectivity index (χ3n) is 3.22. The van der Waals surface area contributed by atoms with Crippen LogP contribution in [-0.4, -0.2) is 50.8 Å². The maximum absolute atomic E-state index is 5.74. The normalized spacial score (nSPS) is 16.4. The van der Waals surface area contributed by atoms with Crippen LogP contribution in [0.1, 0.15) is 6.92 Å². The van der Waals surface area contributed by atoms with Crippen LogP contribution < -0.4 is 14.8 Å². The van der Waals surface area contributed by atoms with Gasteiger partial charge in [0.15, 0.2) is 11.5 Å². The van der Waals surface area contributed by atoms with Crippen molar-refractivity contribution in [3.8, 4) is 11.5 Å². The Morgan fingerprint density at radius 3 is 2.50 bits per heavy atom. The van der Waals surface area contributed by atoms with Crippen molar-refractivity contribution in [1.29, 1.82) is 0 Å². The highest BCUT2D eigenvalue weighted by molar-refractivity contribution is 5.39. The van der Waals surface area contributed by atoms with E-state index in [4.69, 9.17) is 9.47 Å². The Morgan fingerprint density at radius 2 is 1.80 bits per heavy atom. The van der Waals surface area contributed by atoms with Gasteiger partial charge in [-0.2, -0.15) is 0 Å². The van der Waals surface area contributed by atoms with Crippen LogP contribution in [0, 0.1) is 0 Å². The second-order valence-electron chi connectivity index (χ2n) is 4.71. The first-order valence-electron chi connectivity index (χ1n) is 7.33. The number of nitrogens with one attached hydrogen (secondary N) is 1. The van der Waals surface area contributed by atoms with Crippen molar-refractivity contribution >= 4 is 0 Å². The molecule has 110 valence electrons. The van der Waals surface area contributed by atoms with Crippen molar-refractivity contribution in [2.75, 3.05) is 45.9 Å². The van der Waals surface area contributed by atoms with Crippen LogP contribution in [0.5, 0.6) is 11.5 Å². The van der Waals surface area contributed by atoms with Gasteiger partial charge in [-0.05, 0) is 19.1 Å². The molecular weight excluding hydrogens is 252 g/mol. The number of rotatable bonds is 7. The van der Waals surface area contributed by atoms with E-state index in [0.717, 1.165) is 44.2 Å².